The number of nitrogens with two attached hydrogens (primary N) is 1. The Hall–Kier alpha value is 0.0400. The summed E-state index contributed by atoms with van der Waals surface area (Å²) in [4.78, 5) is 0. The standard InChI is InChI=1S/C10H16F3N.ClH/c11-10(12,13)9-7-3-1-6(2-4-7)8(9)5-14;/h6-9H,1-5,14H2;1H. The van der Waals surface area contributed by atoms with Crippen molar-refractivity contribution >= 4 is 12.4 Å². The maximum atomic E-state index is 12.8. The Balaban J connectivity index is 0.00000112. The highest BCUT2D eigenvalue weighted by molar-refractivity contribution is 5.85. The van der Waals surface area contributed by atoms with Crippen molar-refractivity contribution in [3.63, 3.8) is 0 Å². The second kappa shape index (κ2) is 4.50. The number of fused-ring (bicyclic) bond motifs is 3. The molecule has 0 saturated heterocycles. The van der Waals surface area contributed by atoms with Crippen LogP contribution in [-0.2, 0) is 0 Å². The Kier molecular flexibility index (Phi) is 3.93. The minimum atomic E-state index is -4.03. The van der Waals surface area contributed by atoms with Crippen LogP contribution in [0, 0.1) is 23.7 Å². The Bertz CT molecular complexity index is 211. The lowest BCUT2D eigenvalue weighted by Gasteiger charge is -2.48. The molecule has 3 saturated carbocycles. The molecule has 1 nitrogen and oxygen atoms in total. The highest BCUT2D eigenvalue weighted by atomic mass is 35.5. The van der Waals surface area contributed by atoms with Crippen molar-refractivity contribution in [1.29, 1.82) is 0 Å². The van der Waals surface area contributed by atoms with Crippen LogP contribution in [0.25, 0.3) is 0 Å². The molecule has 15 heavy (non-hydrogen) atoms. The molecule has 3 fully saturated rings. The topological polar surface area (TPSA) is 26.0 Å². The average Bonchev–Trinajstić information content (AvgIpc) is 2.16. The molecule has 0 aliphatic heterocycles. The highest BCUT2D eigenvalue weighted by Gasteiger charge is 2.54. The summed E-state index contributed by atoms with van der Waals surface area (Å²) in [6, 6.07) is 0. The molecule has 3 aliphatic rings. The lowest BCUT2D eigenvalue weighted by atomic mass is 9.58. The minimum absolute atomic E-state index is 0. The first-order valence-electron chi connectivity index (χ1n) is 5.31. The Morgan fingerprint density at radius 2 is 1.47 bits per heavy atom. The molecule has 2 atom stereocenters. The van der Waals surface area contributed by atoms with E-state index in [0.717, 1.165) is 25.7 Å². The molecule has 2 bridgehead atoms. The number of hydrogen-bond donors (Lipinski definition) is 1. The van der Waals surface area contributed by atoms with E-state index in [-0.39, 0.29) is 36.7 Å². The van der Waals surface area contributed by atoms with Gasteiger partial charge in [-0.1, -0.05) is 0 Å². The number of hydrogen-bond acceptors (Lipinski definition) is 1. The first kappa shape index (κ1) is 13.1. The van der Waals surface area contributed by atoms with Gasteiger partial charge in [0.2, 0.25) is 0 Å². The third-order valence-corrected chi connectivity index (χ3v) is 4.04. The largest absolute Gasteiger partial charge is 0.392 e. The molecule has 0 radical (unpaired) electrons. The van der Waals surface area contributed by atoms with Crippen LogP contribution in [0.2, 0.25) is 0 Å². The quantitative estimate of drug-likeness (QED) is 0.753. The summed E-state index contributed by atoms with van der Waals surface area (Å²) in [5.41, 5.74) is 5.48. The molecule has 3 aliphatic carbocycles. The zero-order chi connectivity index (χ0) is 10.3. The second-order valence-electron chi connectivity index (χ2n) is 4.64. The predicted molar refractivity (Wildman–Crippen MR) is 54.8 cm³/mol. The van der Waals surface area contributed by atoms with E-state index in [1.165, 1.54) is 0 Å². The molecule has 0 spiro atoms. The summed E-state index contributed by atoms with van der Waals surface area (Å²) in [5, 5.41) is 0. The lowest BCUT2D eigenvalue weighted by molar-refractivity contribution is -0.228. The van der Waals surface area contributed by atoms with Gasteiger partial charge in [0, 0.05) is 0 Å². The SMILES string of the molecule is Cl.NCC1C2CCC(CC2)C1C(F)(F)F. The summed E-state index contributed by atoms with van der Waals surface area (Å²) < 4.78 is 38.3. The fourth-order valence-electron chi connectivity index (χ4n) is 3.42. The van der Waals surface area contributed by atoms with Crippen molar-refractivity contribution in [2.75, 3.05) is 6.54 Å². The van der Waals surface area contributed by atoms with E-state index in [2.05, 4.69) is 0 Å². The van der Waals surface area contributed by atoms with E-state index in [1.807, 2.05) is 0 Å². The summed E-state index contributed by atoms with van der Waals surface area (Å²) in [7, 11) is 0. The third kappa shape index (κ3) is 2.26. The minimum Gasteiger partial charge on any atom is -0.330 e. The molecule has 2 N–H and O–H groups in total. The summed E-state index contributed by atoms with van der Waals surface area (Å²) >= 11 is 0. The van der Waals surface area contributed by atoms with Crippen LogP contribution in [-0.4, -0.2) is 12.7 Å². The molecular weight excluding hydrogens is 227 g/mol. The molecule has 90 valence electrons. The molecule has 0 aromatic heterocycles. The first-order chi connectivity index (χ1) is 6.54. The average molecular weight is 244 g/mol. The predicted octanol–water partition coefficient (Wildman–Crippen LogP) is 2.98. The van der Waals surface area contributed by atoms with E-state index in [9.17, 15) is 13.2 Å². The smallest absolute Gasteiger partial charge is 0.330 e. The van der Waals surface area contributed by atoms with E-state index >= 15 is 0 Å². The van der Waals surface area contributed by atoms with Gasteiger partial charge in [0.15, 0.2) is 0 Å². The number of alkyl halides is 3. The van der Waals surface area contributed by atoms with E-state index in [4.69, 9.17) is 5.73 Å². The second-order valence-corrected chi connectivity index (χ2v) is 4.64. The van der Waals surface area contributed by atoms with Crippen LogP contribution in [0.15, 0.2) is 0 Å². The van der Waals surface area contributed by atoms with Gasteiger partial charge in [-0.2, -0.15) is 13.2 Å². The van der Waals surface area contributed by atoms with E-state index < -0.39 is 12.1 Å². The van der Waals surface area contributed by atoms with Crippen LogP contribution >= 0.6 is 12.4 Å². The van der Waals surface area contributed by atoms with Crippen molar-refractivity contribution in [3.8, 4) is 0 Å². The van der Waals surface area contributed by atoms with Crippen molar-refractivity contribution in [2.45, 2.75) is 31.9 Å². The maximum Gasteiger partial charge on any atom is 0.392 e. The molecule has 5 heteroatoms. The van der Waals surface area contributed by atoms with Gasteiger partial charge in [-0.3, -0.25) is 0 Å². The van der Waals surface area contributed by atoms with Crippen molar-refractivity contribution in [3.05, 3.63) is 0 Å². The van der Waals surface area contributed by atoms with Crippen LogP contribution in [0.4, 0.5) is 13.2 Å². The molecule has 2 unspecified atom stereocenters. The summed E-state index contributed by atoms with van der Waals surface area (Å²) in [6.45, 7) is 0.200. The van der Waals surface area contributed by atoms with Crippen molar-refractivity contribution in [2.24, 2.45) is 29.4 Å². The van der Waals surface area contributed by atoms with Gasteiger partial charge in [0.1, 0.15) is 0 Å². The number of rotatable bonds is 1. The third-order valence-electron chi connectivity index (χ3n) is 4.04. The maximum absolute atomic E-state index is 12.8. The fraction of sp³-hybridized carbons (Fsp3) is 1.00. The van der Waals surface area contributed by atoms with Gasteiger partial charge >= 0.3 is 6.18 Å². The van der Waals surface area contributed by atoms with Gasteiger partial charge in [0.25, 0.3) is 0 Å². The van der Waals surface area contributed by atoms with Gasteiger partial charge in [0.05, 0.1) is 5.92 Å². The molecule has 0 heterocycles. The van der Waals surface area contributed by atoms with Crippen LogP contribution in [0.5, 0.6) is 0 Å². The Morgan fingerprint density at radius 1 is 1.00 bits per heavy atom. The lowest BCUT2D eigenvalue weighted by Crippen LogP contribution is -2.49. The first-order valence-corrected chi connectivity index (χ1v) is 5.31. The Morgan fingerprint density at radius 3 is 1.80 bits per heavy atom. The van der Waals surface area contributed by atoms with Crippen LogP contribution in [0.3, 0.4) is 0 Å². The molecule has 0 aromatic rings. The van der Waals surface area contributed by atoms with E-state index in [1.54, 1.807) is 0 Å². The Labute approximate surface area is 94.0 Å². The monoisotopic (exact) mass is 243 g/mol. The van der Waals surface area contributed by atoms with Gasteiger partial charge in [-0.25, -0.2) is 0 Å². The number of halogens is 4. The zero-order valence-corrected chi connectivity index (χ0v) is 9.28. The van der Waals surface area contributed by atoms with Crippen molar-refractivity contribution < 1.29 is 13.2 Å². The highest BCUT2D eigenvalue weighted by Crippen LogP contribution is 2.53. The van der Waals surface area contributed by atoms with Crippen LogP contribution < -0.4 is 5.73 Å². The van der Waals surface area contributed by atoms with Gasteiger partial charge in [-0.05, 0) is 50.0 Å². The molecule has 0 amide bonds. The zero-order valence-electron chi connectivity index (χ0n) is 8.46. The summed E-state index contributed by atoms with van der Waals surface area (Å²) in [5.74, 6) is -1.33. The summed E-state index contributed by atoms with van der Waals surface area (Å²) in [6.07, 6.45) is -0.608. The normalized spacial score (nSPS) is 40.0. The fourth-order valence-corrected chi connectivity index (χ4v) is 3.42. The molecule has 3 rings (SSSR count). The molecular formula is C10H17ClF3N. The van der Waals surface area contributed by atoms with Gasteiger partial charge < -0.3 is 5.73 Å². The van der Waals surface area contributed by atoms with Gasteiger partial charge in [-0.15, -0.1) is 12.4 Å². The van der Waals surface area contributed by atoms with Crippen LogP contribution in [0.1, 0.15) is 25.7 Å². The van der Waals surface area contributed by atoms with E-state index in [0.29, 0.717) is 0 Å². The molecule has 0 aromatic carbocycles. The van der Waals surface area contributed by atoms with Crippen molar-refractivity contribution in [1.82, 2.24) is 0 Å².